The summed E-state index contributed by atoms with van der Waals surface area (Å²) in [4.78, 5) is 4.30. The van der Waals surface area contributed by atoms with Crippen LogP contribution in [0.4, 0.5) is 0 Å². The number of nitrogens with zero attached hydrogens (tertiary/aromatic N) is 2. The number of aromatic hydroxyl groups is 1. The average Bonchev–Trinajstić information content (AvgIpc) is 3.03. The summed E-state index contributed by atoms with van der Waals surface area (Å²) in [5.74, 6) is 1.27. The summed E-state index contributed by atoms with van der Waals surface area (Å²) in [5.41, 5.74) is 1.83. The summed E-state index contributed by atoms with van der Waals surface area (Å²) in [6.45, 7) is 11.4. The van der Waals surface area contributed by atoms with Crippen molar-refractivity contribution in [3.8, 4) is 17.2 Å². The van der Waals surface area contributed by atoms with E-state index in [0.29, 0.717) is 18.1 Å². The van der Waals surface area contributed by atoms with Gasteiger partial charge in [-0.15, -0.1) is 6.58 Å². The molecule has 1 N–H and O–H groups in total. The molecule has 4 nitrogen and oxygen atoms in total. The fraction of sp³-hybridized carbons (Fsp3) is 0.263. The second kappa shape index (κ2) is 10.2. The zero-order chi connectivity index (χ0) is 17.1. The van der Waals surface area contributed by atoms with Crippen molar-refractivity contribution in [2.45, 2.75) is 33.1 Å². The summed E-state index contributed by atoms with van der Waals surface area (Å²) in [6.07, 6.45) is 8.64. The van der Waals surface area contributed by atoms with E-state index in [0.717, 1.165) is 17.6 Å². The third-order valence-electron chi connectivity index (χ3n) is 3.07. The molecule has 0 aliphatic rings. The quantitative estimate of drug-likeness (QED) is 0.596. The van der Waals surface area contributed by atoms with Crippen LogP contribution in [0.15, 0.2) is 65.7 Å². The molecule has 0 unspecified atom stereocenters. The molecule has 0 spiro atoms. The SMILES string of the molecule is C=C/C(=C\C)Cc1noc(-c2ccc(O)cc2)n1.C=CCCC. The Hall–Kier alpha value is -2.62. The average molecular weight is 312 g/mol. The summed E-state index contributed by atoms with van der Waals surface area (Å²) in [7, 11) is 0. The molecule has 0 amide bonds. The van der Waals surface area contributed by atoms with Crippen LogP contribution in [-0.4, -0.2) is 15.2 Å². The van der Waals surface area contributed by atoms with Crippen molar-refractivity contribution in [2.75, 3.05) is 0 Å². The van der Waals surface area contributed by atoms with E-state index in [-0.39, 0.29) is 5.75 Å². The molecule has 4 heteroatoms. The van der Waals surface area contributed by atoms with E-state index in [9.17, 15) is 5.11 Å². The zero-order valence-electron chi connectivity index (χ0n) is 13.8. The summed E-state index contributed by atoms with van der Waals surface area (Å²) in [6, 6.07) is 6.63. The Labute approximate surface area is 137 Å². The predicted molar refractivity (Wildman–Crippen MR) is 94.2 cm³/mol. The highest BCUT2D eigenvalue weighted by Crippen LogP contribution is 2.20. The van der Waals surface area contributed by atoms with Gasteiger partial charge in [0.05, 0.1) is 0 Å². The zero-order valence-corrected chi connectivity index (χ0v) is 13.8. The standard InChI is InChI=1S/C14H14N2O2.C5H10/c1-3-10(4-2)9-13-15-14(18-16-13)11-5-7-12(17)8-6-11;1-3-5-4-2/h3-8,17H,1,9H2,2H3;3H,1,4-5H2,2H3/b10-4+;. The molecule has 0 aliphatic carbocycles. The smallest absolute Gasteiger partial charge is 0.257 e. The van der Waals surface area contributed by atoms with Gasteiger partial charge in [0, 0.05) is 12.0 Å². The lowest BCUT2D eigenvalue weighted by atomic mass is 10.2. The van der Waals surface area contributed by atoms with Crippen LogP contribution in [0.1, 0.15) is 32.5 Å². The lowest BCUT2D eigenvalue weighted by Crippen LogP contribution is -1.90. The van der Waals surface area contributed by atoms with Crippen molar-refractivity contribution in [2.24, 2.45) is 0 Å². The number of aromatic nitrogens is 2. The van der Waals surface area contributed by atoms with E-state index in [1.807, 2.05) is 19.1 Å². The maximum Gasteiger partial charge on any atom is 0.257 e. The van der Waals surface area contributed by atoms with Crippen LogP contribution >= 0.6 is 0 Å². The Morgan fingerprint density at radius 1 is 1.26 bits per heavy atom. The van der Waals surface area contributed by atoms with Gasteiger partial charge in [0.1, 0.15) is 5.75 Å². The van der Waals surface area contributed by atoms with Crippen LogP contribution < -0.4 is 0 Å². The minimum absolute atomic E-state index is 0.210. The molecule has 0 bridgehead atoms. The first kappa shape index (κ1) is 18.4. The lowest BCUT2D eigenvalue weighted by molar-refractivity contribution is 0.423. The van der Waals surface area contributed by atoms with Gasteiger partial charge in [-0.05, 0) is 43.2 Å². The number of phenols is 1. The third-order valence-corrected chi connectivity index (χ3v) is 3.07. The second-order valence-electron chi connectivity index (χ2n) is 4.88. The van der Waals surface area contributed by atoms with Crippen molar-refractivity contribution >= 4 is 0 Å². The van der Waals surface area contributed by atoms with Gasteiger partial charge >= 0.3 is 0 Å². The number of allylic oxidation sites excluding steroid dienone is 4. The van der Waals surface area contributed by atoms with Crippen LogP contribution in [0.5, 0.6) is 5.75 Å². The molecule has 1 aromatic heterocycles. The highest BCUT2D eigenvalue weighted by atomic mass is 16.5. The van der Waals surface area contributed by atoms with Crippen LogP contribution in [0.3, 0.4) is 0 Å². The van der Waals surface area contributed by atoms with Gasteiger partial charge in [-0.25, -0.2) is 0 Å². The Bertz CT molecular complexity index is 640. The number of rotatable bonds is 6. The second-order valence-corrected chi connectivity index (χ2v) is 4.88. The number of unbranched alkanes of at least 4 members (excludes halogenated alkanes) is 1. The monoisotopic (exact) mass is 312 g/mol. The normalized spacial score (nSPS) is 10.6. The van der Waals surface area contributed by atoms with E-state index < -0.39 is 0 Å². The van der Waals surface area contributed by atoms with Gasteiger partial charge in [0.15, 0.2) is 5.82 Å². The van der Waals surface area contributed by atoms with Gasteiger partial charge in [-0.1, -0.05) is 43.3 Å². The van der Waals surface area contributed by atoms with Gasteiger partial charge in [0.25, 0.3) is 5.89 Å². The molecule has 1 heterocycles. The van der Waals surface area contributed by atoms with Crippen LogP contribution in [-0.2, 0) is 6.42 Å². The molecule has 0 fully saturated rings. The molecular formula is C19H24N2O2. The minimum Gasteiger partial charge on any atom is -0.508 e. The fourth-order valence-corrected chi connectivity index (χ4v) is 1.73. The predicted octanol–water partition coefficient (Wildman–Crippen LogP) is 5.09. The minimum atomic E-state index is 0.210. The third kappa shape index (κ3) is 6.34. The Morgan fingerprint density at radius 3 is 2.43 bits per heavy atom. The Balaban J connectivity index is 0.000000463. The van der Waals surface area contributed by atoms with Crippen LogP contribution in [0.2, 0.25) is 0 Å². The maximum absolute atomic E-state index is 9.21. The van der Waals surface area contributed by atoms with Gasteiger partial charge < -0.3 is 9.63 Å². The first-order valence-corrected chi connectivity index (χ1v) is 7.65. The molecule has 122 valence electrons. The first-order chi connectivity index (χ1) is 11.1. The number of hydrogen-bond acceptors (Lipinski definition) is 4. The first-order valence-electron chi connectivity index (χ1n) is 7.65. The Kier molecular flexibility index (Phi) is 8.14. The van der Waals surface area contributed by atoms with E-state index >= 15 is 0 Å². The van der Waals surface area contributed by atoms with Crippen molar-refractivity contribution in [1.29, 1.82) is 0 Å². The molecule has 0 saturated heterocycles. The topological polar surface area (TPSA) is 59.2 Å². The molecule has 0 radical (unpaired) electrons. The maximum atomic E-state index is 9.21. The number of hydrogen-bond donors (Lipinski definition) is 1. The van der Waals surface area contributed by atoms with E-state index in [1.54, 1.807) is 30.3 Å². The molecule has 1 aromatic carbocycles. The highest BCUT2D eigenvalue weighted by Gasteiger charge is 2.09. The highest BCUT2D eigenvalue weighted by molar-refractivity contribution is 5.54. The summed E-state index contributed by atoms with van der Waals surface area (Å²) < 4.78 is 5.18. The molecule has 0 saturated carbocycles. The molecule has 23 heavy (non-hydrogen) atoms. The van der Waals surface area contributed by atoms with Crippen molar-refractivity contribution < 1.29 is 9.63 Å². The van der Waals surface area contributed by atoms with Crippen LogP contribution in [0.25, 0.3) is 11.5 Å². The Morgan fingerprint density at radius 2 is 1.96 bits per heavy atom. The summed E-state index contributed by atoms with van der Waals surface area (Å²) in [5, 5.41) is 13.1. The van der Waals surface area contributed by atoms with Crippen molar-refractivity contribution in [3.63, 3.8) is 0 Å². The molecular weight excluding hydrogens is 288 g/mol. The van der Waals surface area contributed by atoms with E-state index in [1.165, 1.54) is 6.42 Å². The van der Waals surface area contributed by atoms with Gasteiger partial charge in [0.2, 0.25) is 0 Å². The van der Waals surface area contributed by atoms with Crippen molar-refractivity contribution in [3.05, 3.63) is 67.0 Å². The molecule has 0 aliphatic heterocycles. The summed E-state index contributed by atoms with van der Waals surface area (Å²) >= 11 is 0. The fourth-order valence-electron chi connectivity index (χ4n) is 1.73. The number of phenolic OH excluding ortho intramolecular Hbond substituents is 1. The largest absolute Gasteiger partial charge is 0.508 e. The molecule has 2 rings (SSSR count). The van der Waals surface area contributed by atoms with E-state index in [2.05, 4.69) is 30.2 Å². The van der Waals surface area contributed by atoms with Gasteiger partial charge in [-0.3, -0.25) is 0 Å². The molecule has 2 aromatic rings. The van der Waals surface area contributed by atoms with E-state index in [4.69, 9.17) is 4.52 Å². The van der Waals surface area contributed by atoms with Crippen LogP contribution in [0, 0.1) is 0 Å². The lowest BCUT2D eigenvalue weighted by Gasteiger charge is -1.94. The van der Waals surface area contributed by atoms with Gasteiger partial charge in [-0.2, -0.15) is 4.98 Å². The van der Waals surface area contributed by atoms with Crippen molar-refractivity contribution in [1.82, 2.24) is 10.1 Å². The number of benzene rings is 1. The molecule has 0 atom stereocenters.